The number of aromatic amines is 1. The van der Waals surface area contributed by atoms with Crippen LogP contribution in [0.25, 0.3) is 22.0 Å². The number of aromatic nitrogens is 2. The predicted molar refractivity (Wildman–Crippen MR) is 58.2 cm³/mol. The van der Waals surface area contributed by atoms with Crippen molar-refractivity contribution in [2.45, 2.75) is 0 Å². The number of rotatable bonds is 1. The number of hydrogen-bond acceptors (Lipinski definition) is 3. The Morgan fingerprint density at radius 1 is 1.25 bits per heavy atom. The van der Waals surface area contributed by atoms with Gasteiger partial charge in [-0.05, 0) is 6.07 Å². The SMILES string of the molecule is Nc1oncc1-c1ccc2cc[nH]c2c1F. The van der Waals surface area contributed by atoms with Crippen LogP contribution in [0.15, 0.2) is 35.1 Å². The van der Waals surface area contributed by atoms with Crippen molar-refractivity contribution in [1.82, 2.24) is 10.1 Å². The summed E-state index contributed by atoms with van der Waals surface area (Å²) in [7, 11) is 0. The maximum Gasteiger partial charge on any atom is 0.230 e. The van der Waals surface area contributed by atoms with Crippen LogP contribution in [0.3, 0.4) is 0 Å². The molecule has 0 saturated heterocycles. The van der Waals surface area contributed by atoms with Crippen LogP contribution in [-0.4, -0.2) is 10.1 Å². The van der Waals surface area contributed by atoms with E-state index >= 15 is 0 Å². The van der Waals surface area contributed by atoms with Gasteiger partial charge in [0.15, 0.2) is 5.82 Å². The highest BCUT2D eigenvalue weighted by Gasteiger charge is 2.14. The molecule has 0 radical (unpaired) electrons. The van der Waals surface area contributed by atoms with Crippen molar-refractivity contribution < 1.29 is 8.91 Å². The summed E-state index contributed by atoms with van der Waals surface area (Å²) in [5.74, 6) is -0.234. The number of nitrogens with one attached hydrogen (secondary N) is 1. The highest BCUT2D eigenvalue weighted by atomic mass is 19.1. The summed E-state index contributed by atoms with van der Waals surface area (Å²) in [5, 5.41) is 4.35. The summed E-state index contributed by atoms with van der Waals surface area (Å²) in [6.07, 6.45) is 3.09. The van der Waals surface area contributed by atoms with E-state index in [1.807, 2.05) is 6.07 Å². The Hall–Kier alpha value is -2.30. The third kappa shape index (κ3) is 1.11. The predicted octanol–water partition coefficient (Wildman–Crippen LogP) is 2.54. The third-order valence-electron chi connectivity index (χ3n) is 2.55. The van der Waals surface area contributed by atoms with Gasteiger partial charge in [-0.25, -0.2) is 4.39 Å². The van der Waals surface area contributed by atoms with Gasteiger partial charge in [0.25, 0.3) is 0 Å². The lowest BCUT2D eigenvalue weighted by molar-refractivity contribution is 0.436. The van der Waals surface area contributed by atoms with Crippen LogP contribution in [0.4, 0.5) is 10.3 Å². The normalized spacial score (nSPS) is 11.1. The lowest BCUT2D eigenvalue weighted by atomic mass is 10.1. The third-order valence-corrected chi connectivity index (χ3v) is 2.55. The Bertz CT molecular complexity index is 656. The molecule has 5 heteroatoms. The van der Waals surface area contributed by atoms with Crippen molar-refractivity contribution in [2.75, 3.05) is 5.73 Å². The largest absolute Gasteiger partial charge is 0.367 e. The zero-order valence-electron chi connectivity index (χ0n) is 8.20. The molecule has 0 aliphatic carbocycles. The standard InChI is InChI=1S/C11H8FN3O/c12-9-7(8-5-15-16-11(8)13)2-1-6-3-4-14-10(6)9/h1-5,14H,13H2. The molecule has 0 spiro atoms. The Morgan fingerprint density at radius 3 is 2.88 bits per heavy atom. The van der Waals surface area contributed by atoms with Crippen LogP contribution in [0.1, 0.15) is 0 Å². The van der Waals surface area contributed by atoms with E-state index in [1.54, 1.807) is 18.3 Å². The fourth-order valence-electron chi connectivity index (χ4n) is 1.75. The van der Waals surface area contributed by atoms with E-state index in [-0.39, 0.29) is 11.7 Å². The topological polar surface area (TPSA) is 67.8 Å². The second-order valence-electron chi connectivity index (χ2n) is 3.47. The van der Waals surface area contributed by atoms with Gasteiger partial charge in [-0.1, -0.05) is 17.3 Å². The molecule has 80 valence electrons. The van der Waals surface area contributed by atoms with E-state index in [0.717, 1.165) is 5.39 Å². The Labute approximate surface area is 89.9 Å². The van der Waals surface area contributed by atoms with Crippen molar-refractivity contribution in [2.24, 2.45) is 0 Å². The quantitative estimate of drug-likeness (QED) is 0.658. The molecule has 1 aromatic carbocycles. The minimum atomic E-state index is -0.350. The monoisotopic (exact) mass is 217 g/mol. The highest BCUT2D eigenvalue weighted by molar-refractivity contribution is 5.87. The molecular formula is C11H8FN3O. The number of H-pyrrole nitrogens is 1. The first-order valence-electron chi connectivity index (χ1n) is 4.73. The summed E-state index contributed by atoms with van der Waals surface area (Å²) in [5.41, 5.74) is 6.86. The average Bonchev–Trinajstić information content (AvgIpc) is 2.88. The second kappa shape index (κ2) is 3.10. The maximum atomic E-state index is 14.1. The number of fused-ring (bicyclic) bond motifs is 1. The molecular weight excluding hydrogens is 209 g/mol. The van der Waals surface area contributed by atoms with E-state index in [0.29, 0.717) is 16.6 Å². The molecule has 0 fully saturated rings. The average molecular weight is 217 g/mol. The highest BCUT2D eigenvalue weighted by Crippen LogP contribution is 2.31. The van der Waals surface area contributed by atoms with Gasteiger partial charge in [0, 0.05) is 17.1 Å². The second-order valence-corrected chi connectivity index (χ2v) is 3.47. The number of halogens is 1. The zero-order chi connectivity index (χ0) is 11.1. The summed E-state index contributed by atoms with van der Waals surface area (Å²) >= 11 is 0. The van der Waals surface area contributed by atoms with Crippen molar-refractivity contribution in [3.05, 3.63) is 36.4 Å². The van der Waals surface area contributed by atoms with E-state index < -0.39 is 0 Å². The number of nitrogens with zero attached hydrogens (tertiary/aromatic N) is 1. The number of anilines is 1. The molecule has 0 aliphatic rings. The Kier molecular flexibility index (Phi) is 1.73. The van der Waals surface area contributed by atoms with Crippen molar-refractivity contribution in [1.29, 1.82) is 0 Å². The zero-order valence-corrected chi connectivity index (χ0v) is 8.20. The summed E-state index contributed by atoms with van der Waals surface area (Å²) in [6, 6.07) is 5.28. The van der Waals surface area contributed by atoms with Gasteiger partial charge in [-0.2, -0.15) is 0 Å². The molecule has 0 aliphatic heterocycles. The molecule has 0 unspecified atom stereocenters. The smallest absolute Gasteiger partial charge is 0.230 e. The minimum absolute atomic E-state index is 0.116. The van der Waals surface area contributed by atoms with Crippen LogP contribution in [-0.2, 0) is 0 Å². The van der Waals surface area contributed by atoms with E-state index in [9.17, 15) is 4.39 Å². The molecule has 2 aromatic heterocycles. The molecule has 0 saturated carbocycles. The number of hydrogen-bond donors (Lipinski definition) is 2. The van der Waals surface area contributed by atoms with Crippen molar-refractivity contribution in [3.63, 3.8) is 0 Å². The molecule has 3 aromatic rings. The van der Waals surface area contributed by atoms with Crippen LogP contribution in [0.5, 0.6) is 0 Å². The van der Waals surface area contributed by atoms with Gasteiger partial charge in [-0.15, -0.1) is 0 Å². The Morgan fingerprint density at radius 2 is 2.12 bits per heavy atom. The molecule has 16 heavy (non-hydrogen) atoms. The fourth-order valence-corrected chi connectivity index (χ4v) is 1.75. The van der Waals surface area contributed by atoms with Crippen LogP contribution in [0, 0.1) is 5.82 Å². The maximum absolute atomic E-state index is 14.1. The molecule has 3 rings (SSSR count). The lowest BCUT2D eigenvalue weighted by Crippen LogP contribution is -1.89. The van der Waals surface area contributed by atoms with E-state index in [2.05, 4.69) is 10.1 Å². The number of nitrogen functional groups attached to an aromatic ring is 1. The van der Waals surface area contributed by atoms with Crippen molar-refractivity contribution in [3.8, 4) is 11.1 Å². The summed E-state index contributed by atoms with van der Waals surface area (Å²) < 4.78 is 18.8. The van der Waals surface area contributed by atoms with Gasteiger partial charge in [0.05, 0.1) is 17.3 Å². The molecule has 4 nitrogen and oxygen atoms in total. The first kappa shape index (κ1) is 8.96. The Balaban J connectivity index is 2.32. The van der Waals surface area contributed by atoms with Crippen LogP contribution < -0.4 is 5.73 Å². The summed E-state index contributed by atoms with van der Waals surface area (Å²) in [6.45, 7) is 0. The molecule has 3 N–H and O–H groups in total. The van der Waals surface area contributed by atoms with Crippen LogP contribution >= 0.6 is 0 Å². The fraction of sp³-hybridized carbons (Fsp3) is 0. The first-order valence-corrected chi connectivity index (χ1v) is 4.73. The van der Waals surface area contributed by atoms with Crippen molar-refractivity contribution >= 4 is 16.8 Å². The van der Waals surface area contributed by atoms with Gasteiger partial charge in [0.2, 0.25) is 5.88 Å². The van der Waals surface area contributed by atoms with Gasteiger partial charge < -0.3 is 15.2 Å². The summed E-state index contributed by atoms with van der Waals surface area (Å²) in [4.78, 5) is 2.84. The van der Waals surface area contributed by atoms with E-state index in [1.165, 1.54) is 6.20 Å². The molecule has 0 bridgehead atoms. The molecule has 0 atom stereocenters. The lowest BCUT2D eigenvalue weighted by Gasteiger charge is -2.01. The molecule has 2 heterocycles. The molecule has 0 amide bonds. The van der Waals surface area contributed by atoms with Gasteiger partial charge >= 0.3 is 0 Å². The first-order chi connectivity index (χ1) is 7.77. The van der Waals surface area contributed by atoms with Crippen LogP contribution in [0.2, 0.25) is 0 Å². The minimum Gasteiger partial charge on any atom is -0.367 e. The number of benzene rings is 1. The van der Waals surface area contributed by atoms with E-state index in [4.69, 9.17) is 10.3 Å². The van der Waals surface area contributed by atoms with Gasteiger partial charge in [0.1, 0.15) is 0 Å². The number of nitrogens with two attached hydrogens (primary N) is 1. The van der Waals surface area contributed by atoms with Gasteiger partial charge in [-0.3, -0.25) is 0 Å².